The number of nitrogens with zero attached hydrogens (tertiary/aromatic N) is 1. The van der Waals surface area contributed by atoms with Crippen molar-refractivity contribution in [3.8, 4) is 5.75 Å². The summed E-state index contributed by atoms with van der Waals surface area (Å²) >= 11 is 7.22. The molecule has 0 aliphatic rings. The van der Waals surface area contributed by atoms with Gasteiger partial charge in [0.05, 0.1) is 12.6 Å². The van der Waals surface area contributed by atoms with E-state index in [9.17, 15) is 0 Å². The number of methoxy groups -OCH3 is 1. The standard InChI is InChI=1S/C15H16N2OS2/c1-10(8-11-6-7-20-9-11)17-12-4-3-5-13(18-2)14(12)16-15(17)19/h3-7,9-10H,8H2,1-2H3,(H,16,19). The van der Waals surface area contributed by atoms with Gasteiger partial charge in [0.1, 0.15) is 11.3 Å². The summed E-state index contributed by atoms with van der Waals surface area (Å²) in [5, 5.41) is 4.30. The predicted molar refractivity (Wildman–Crippen MR) is 86.4 cm³/mol. The van der Waals surface area contributed by atoms with E-state index in [1.165, 1.54) is 5.56 Å². The first-order chi connectivity index (χ1) is 9.70. The van der Waals surface area contributed by atoms with Crippen molar-refractivity contribution in [2.24, 2.45) is 0 Å². The third-order valence-electron chi connectivity index (χ3n) is 3.49. The zero-order chi connectivity index (χ0) is 14.1. The molecule has 2 aromatic heterocycles. The molecule has 0 saturated carbocycles. The minimum absolute atomic E-state index is 0.304. The average Bonchev–Trinajstić information content (AvgIpc) is 3.04. The molecule has 3 nitrogen and oxygen atoms in total. The Balaban J connectivity index is 2.07. The van der Waals surface area contributed by atoms with Crippen LogP contribution in [0.3, 0.4) is 0 Å². The van der Waals surface area contributed by atoms with Gasteiger partial charge in [-0.05, 0) is 60.1 Å². The van der Waals surface area contributed by atoms with Crippen LogP contribution in [-0.2, 0) is 6.42 Å². The van der Waals surface area contributed by atoms with E-state index < -0.39 is 0 Å². The smallest absolute Gasteiger partial charge is 0.178 e. The summed E-state index contributed by atoms with van der Waals surface area (Å²) in [4.78, 5) is 3.26. The molecule has 2 heterocycles. The summed E-state index contributed by atoms with van der Waals surface area (Å²) in [5.41, 5.74) is 3.41. The minimum atomic E-state index is 0.304. The zero-order valence-electron chi connectivity index (χ0n) is 11.4. The van der Waals surface area contributed by atoms with E-state index in [1.54, 1.807) is 18.4 Å². The van der Waals surface area contributed by atoms with Crippen LogP contribution in [-0.4, -0.2) is 16.7 Å². The number of rotatable bonds is 4. The molecular weight excluding hydrogens is 288 g/mol. The Hall–Kier alpha value is -1.59. The summed E-state index contributed by atoms with van der Waals surface area (Å²) in [6.45, 7) is 2.19. The van der Waals surface area contributed by atoms with Gasteiger partial charge in [-0.2, -0.15) is 11.3 Å². The van der Waals surface area contributed by atoms with E-state index in [0.717, 1.165) is 28.0 Å². The lowest BCUT2D eigenvalue weighted by Gasteiger charge is -2.14. The number of hydrogen-bond donors (Lipinski definition) is 1. The number of ether oxygens (including phenoxy) is 1. The highest BCUT2D eigenvalue weighted by Gasteiger charge is 2.14. The van der Waals surface area contributed by atoms with E-state index >= 15 is 0 Å². The summed E-state index contributed by atoms with van der Waals surface area (Å²) < 4.78 is 8.31. The number of aromatic nitrogens is 2. The number of fused-ring (bicyclic) bond motifs is 1. The van der Waals surface area contributed by atoms with E-state index in [1.807, 2.05) is 12.1 Å². The molecule has 0 aliphatic heterocycles. The molecule has 1 N–H and O–H groups in total. The Kier molecular flexibility index (Phi) is 3.63. The highest BCUT2D eigenvalue weighted by molar-refractivity contribution is 7.71. The number of aromatic amines is 1. The lowest BCUT2D eigenvalue weighted by Crippen LogP contribution is -2.07. The Bertz CT molecular complexity index is 771. The molecule has 0 saturated heterocycles. The third kappa shape index (κ3) is 2.27. The molecule has 5 heteroatoms. The molecule has 1 atom stereocenters. The fourth-order valence-electron chi connectivity index (χ4n) is 2.57. The van der Waals surface area contributed by atoms with Gasteiger partial charge >= 0.3 is 0 Å². The van der Waals surface area contributed by atoms with Gasteiger partial charge in [0.2, 0.25) is 0 Å². The number of imidazole rings is 1. The van der Waals surface area contributed by atoms with E-state index in [0.29, 0.717) is 6.04 Å². The molecule has 0 spiro atoms. The molecule has 0 radical (unpaired) electrons. The molecule has 1 unspecified atom stereocenters. The quantitative estimate of drug-likeness (QED) is 0.715. The van der Waals surface area contributed by atoms with Crippen LogP contribution < -0.4 is 4.74 Å². The number of benzene rings is 1. The number of thiophene rings is 1. The highest BCUT2D eigenvalue weighted by atomic mass is 32.1. The van der Waals surface area contributed by atoms with Crippen LogP contribution in [0.25, 0.3) is 11.0 Å². The van der Waals surface area contributed by atoms with Crippen molar-refractivity contribution in [2.75, 3.05) is 7.11 Å². The number of nitrogens with one attached hydrogen (secondary N) is 1. The highest BCUT2D eigenvalue weighted by Crippen LogP contribution is 2.28. The van der Waals surface area contributed by atoms with Crippen molar-refractivity contribution in [2.45, 2.75) is 19.4 Å². The van der Waals surface area contributed by atoms with Gasteiger partial charge < -0.3 is 14.3 Å². The van der Waals surface area contributed by atoms with Crippen LogP contribution in [0, 0.1) is 4.77 Å². The Morgan fingerprint density at radius 1 is 1.40 bits per heavy atom. The van der Waals surface area contributed by atoms with Crippen LogP contribution in [0.15, 0.2) is 35.0 Å². The molecule has 0 fully saturated rings. The average molecular weight is 304 g/mol. The SMILES string of the molecule is COc1cccc2c1[nH]c(=S)n2C(C)Cc1ccsc1. The van der Waals surface area contributed by atoms with Crippen LogP contribution in [0.4, 0.5) is 0 Å². The Morgan fingerprint density at radius 2 is 2.25 bits per heavy atom. The van der Waals surface area contributed by atoms with Crippen molar-refractivity contribution < 1.29 is 4.74 Å². The van der Waals surface area contributed by atoms with Crippen molar-refractivity contribution in [3.05, 3.63) is 45.4 Å². The second kappa shape index (κ2) is 5.42. The van der Waals surface area contributed by atoms with Crippen LogP contribution >= 0.6 is 23.6 Å². The summed E-state index contributed by atoms with van der Waals surface area (Å²) in [7, 11) is 1.68. The summed E-state index contributed by atoms with van der Waals surface area (Å²) in [6.07, 6.45) is 0.974. The number of H-pyrrole nitrogens is 1. The zero-order valence-corrected chi connectivity index (χ0v) is 13.1. The van der Waals surface area contributed by atoms with Crippen molar-refractivity contribution in [1.29, 1.82) is 0 Å². The molecule has 20 heavy (non-hydrogen) atoms. The molecule has 3 aromatic rings. The van der Waals surface area contributed by atoms with E-state index in [4.69, 9.17) is 17.0 Å². The monoisotopic (exact) mass is 304 g/mol. The molecule has 0 aliphatic carbocycles. The first-order valence-electron chi connectivity index (χ1n) is 6.49. The van der Waals surface area contributed by atoms with Gasteiger partial charge in [0, 0.05) is 6.04 Å². The third-order valence-corrected chi connectivity index (χ3v) is 4.52. The van der Waals surface area contributed by atoms with Crippen molar-refractivity contribution >= 4 is 34.6 Å². The van der Waals surface area contributed by atoms with Gasteiger partial charge in [0.25, 0.3) is 0 Å². The number of para-hydroxylation sites is 1. The fourth-order valence-corrected chi connectivity index (χ4v) is 3.63. The summed E-state index contributed by atoms with van der Waals surface area (Å²) in [5.74, 6) is 0.829. The van der Waals surface area contributed by atoms with Gasteiger partial charge in [-0.25, -0.2) is 0 Å². The van der Waals surface area contributed by atoms with Crippen molar-refractivity contribution in [1.82, 2.24) is 9.55 Å². The maximum atomic E-state index is 5.49. The van der Waals surface area contributed by atoms with Crippen LogP contribution in [0.5, 0.6) is 5.75 Å². The lowest BCUT2D eigenvalue weighted by molar-refractivity contribution is 0.419. The van der Waals surface area contributed by atoms with Gasteiger partial charge in [-0.3, -0.25) is 0 Å². The first kappa shape index (κ1) is 13.4. The lowest BCUT2D eigenvalue weighted by atomic mass is 10.1. The summed E-state index contributed by atoms with van der Waals surface area (Å²) in [6, 6.07) is 8.49. The minimum Gasteiger partial charge on any atom is -0.494 e. The molecule has 3 rings (SSSR count). The van der Waals surface area contributed by atoms with Gasteiger partial charge in [0.15, 0.2) is 4.77 Å². The van der Waals surface area contributed by atoms with Gasteiger partial charge in [-0.1, -0.05) is 6.07 Å². The predicted octanol–water partition coefficient (Wildman–Crippen LogP) is 4.57. The Morgan fingerprint density at radius 3 is 2.95 bits per heavy atom. The fraction of sp³-hybridized carbons (Fsp3) is 0.267. The van der Waals surface area contributed by atoms with Gasteiger partial charge in [-0.15, -0.1) is 0 Å². The van der Waals surface area contributed by atoms with E-state index in [2.05, 4.69) is 39.4 Å². The number of hydrogen-bond acceptors (Lipinski definition) is 3. The molecule has 104 valence electrons. The maximum absolute atomic E-state index is 5.49. The topological polar surface area (TPSA) is 29.9 Å². The first-order valence-corrected chi connectivity index (χ1v) is 7.84. The van der Waals surface area contributed by atoms with Crippen molar-refractivity contribution in [3.63, 3.8) is 0 Å². The van der Waals surface area contributed by atoms with E-state index in [-0.39, 0.29) is 0 Å². The van der Waals surface area contributed by atoms with Crippen LogP contribution in [0.1, 0.15) is 18.5 Å². The second-order valence-corrected chi connectivity index (χ2v) is 6.01. The molecule has 1 aromatic carbocycles. The maximum Gasteiger partial charge on any atom is 0.178 e. The molecule has 0 bridgehead atoms. The Labute approximate surface area is 126 Å². The second-order valence-electron chi connectivity index (χ2n) is 4.84. The molecular formula is C15H16N2OS2. The molecule has 0 amide bonds. The van der Waals surface area contributed by atoms with Crippen LogP contribution in [0.2, 0.25) is 0 Å². The largest absolute Gasteiger partial charge is 0.494 e. The normalized spacial score (nSPS) is 12.7.